The van der Waals surface area contributed by atoms with E-state index >= 15 is 0 Å². The van der Waals surface area contributed by atoms with Gasteiger partial charge >= 0.3 is 0 Å². The van der Waals surface area contributed by atoms with Crippen molar-refractivity contribution in [2.24, 2.45) is 0 Å². The van der Waals surface area contributed by atoms with Crippen molar-refractivity contribution >= 4 is 0 Å². The molecule has 72 valence electrons. The first-order valence-corrected chi connectivity index (χ1v) is 4.06. The maximum atomic E-state index is 13.3. The lowest BCUT2D eigenvalue weighted by molar-refractivity contribution is 0.398. The monoisotopic (exact) mass is 195 g/mol. The normalized spacial score (nSPS) is 10.5. The molecule has 0 aliphatic heterocycles. The Bertz CT molecular complexity index is 465. The maximum absolute atomic E-state index is 13.3. The molecule has 0 saturated carbocycles. The van der Waals surface area contributed by atoms with Crippen molar-refractivity contribution in [1.29, 1.82) is 0 Å². The Balaban J connectivity index is 2.63. The van der Waals surface area contributed by atoms with E-state index in [4.69, 9.17) is 4.52 Å². The fraction of sp³-hybridized carbons (Fsp3) is 0.100. The predicted octanol–water partition coefficient (Wildman–Crippen LogP) is 2.93. The van der Waals surface area contributed by atoms with Gasteiger partial charge in [-0.2, -0.15) is 0 Å². The van der Waals surface area contributed by atoms with Crippen LogP contribution in [0.3, 0.4) is 0 Å². The Kier molecular flexibility index (Phi) is 2.04. The van der Waals surface area contributed by atoms with Crippen molar-refractivity contribution in [1.82, 2.24) is 5.16 Å². The van der Waals surface area contributed by atoms with Gasteiger partial charge in [-0.3, -0.25) is 0 Å². The largest absolute Gasteiger partial charge is 0.361 e. The standard InChI is InChI=1S/C10H7F2NO/c1-6-8(5-13-14-6)7-3-2-4-9(11)10(7)12/h2-5H,1H3. The molecule has 4 heteroatoms. The van der Waals surface area contributed by atoms with Crippen LogP contribution in [-0.4, -0.2) is 5.16 Å². The Labute approximate surface area is 79.1 Å². The van der Waals surface area contributed by atoms with Crippen LogP contribution in [0, 0.1) is 18.6 Å². The van der Waals surface area contributed by atoms with Crippen LogP contribution >= 0.6 is 0 Å². The van der Waals surface area contributed by atoms with E-state index in [9.17, 15) is 8.78 Å². The van der Waals surface area contributed by atoms with E-state index in [1.165, 1.54) is 18.3 Å². The molecule has 1 aromatic heterocycles. The second-order valence-corrected chi connectivity index (χ2v) is 2.90. The second-order valence-electron chi connectivity index (χ2n) is 2.90. The van der Waals surface area contributed by atoms with E-state index < -0.39 is 11.6 Å². The van der Waals surface area contributed by atoms with Crippen LogP contribution in [0.15, 0.2) is 28.9 Å². The molecular weight excluding hydrogens is 188 g/mol. The Morgan fingerprint density at radius 1 is 1.21 bits per heavy atom. The summed E-state index contributed by atoms with van der Waals surface area (Å²) in [5.74, 6) is -1.28. The molecule has 0 aliphatic carbocycles. The number of hydrogen-bond acceptors (Lipinski definition) is 2. The lowest BCUT2D eigenvalue weighted by Crippen LogP contribution is -1.88. The molecule has 14 heavy (non-hydrogen) atoms. The van der Waals surface area contributed by atoms with Gasteiger partial charge in [0.05, 0.1) is 6.20 Å². The summed E-state index contributed by atoms with van der Waals surface area (Å²) >= 11 is 0. The van der Waals surface area contributed by atoms with Gasteiger partial charge in [-0.15, -0.1) is 0 Å². The summed E-state index contributed by atoms with van der Waals surface area (Å²) < 4.78 is 31.0. The molecule has 0 bridgehead atoms. The van der Waals surface area contributed by atoms with Crippen molar-refractivity contribution in [3.05, 3.63) is 41.8 Å². The highest BCUT2D eigenvalue weighted by atomic mass is 19.2. The summed E-state index contributed by atoms with van der Waals surface area (Å²) in [4.78, 5) is 0. The molecule has 0 aliphatic rings. The topological polar surface area (TPSA) is 26.0 Å². The minimum Gasteiger partial charge on any atom is -0.361 e. The van der Waals surface area contributed by atoms with Crippen LogP contribution in [0.4, 0.5) is 8.78 Å². The molecule has 2 rings (SSSR count). The van der Waals surface area contributed by atoms with E-state index in [-0.39, 0.29) is 5.56 Å². The van der Waals surface area contributed by atoms with E-state index in [0.717, 1.165) is 6.07 Å². The molecule has 0 atom stereocenters. The fourth-order valence-corrected chi connectivity index (χ4v) is 1.27. The molecule has 0 spiro atoms. The number of aromatic nitrogens is 1. The summed E-state index contributed by atoms with van der Waals surface area (Å²) in [5, 5.41) is 3.50. The number of hydrogen-bond donors (Lipinski definition) is 0. The van der Waals surface area contributed by atoms with Crippen molar-refractivity contribution < 1.29 is 13.3 Å². The maximum Gasteiger partial charge on any atom is 0.166 e. The van der Waals surface area contributed by atoms with Crippen molar-refractivity contribution in [2.45, 2.75) is 6.92 Å². The second kappa shape index (κ2) is 3.21. The third-order valence-electron chi connectivity index (χ3n) is 1.99. The van der Waals surface area contributed by atoms with E-state index in [1.807, 2.05) is 0 Å². The van der Waals surface area contributed by atoms with Gasteiger partial charge in [-0.05, 0) is 13.0 Å². The average molecular weight is 195 g/mol. The first-order chi connectivity index (χ1) is 6.70. The summed E-state index contributed by atoms with van der Waals surface area (Å²) in [6, 6.07) is 4.00. The minimum absolute atomic E-state index is 0.170. The highest BCUT2D eigenvalue weighted by Crippen LogP contribution is 2.26. The van der Waals surface area contributed by atoms with Crippen LogP contribution in [0.1, 0.15) is 5.76 Å². The van der Waals surface area contributed by atoms with Gasteiger partial charge < -0.3 is 4.52 Å². The molecule has 0 unspecified atom stereocenters. The van der Waals surface area contributed by atoms with Crippen LogP contribution in [-0.2, 0) is 0 Å². The van der Waals surface area contributed by atoms with Crippen molar-refractivity contribution in [3.8, 4) is 11.1 Å². The highest BCUT2D eigenvalue weighted by molar-refractivity contribution is 5.64. The highest BCUT2D eigenvalue weighted by Gasteiger charge is 2.13. The van der Waals surface area contributed by atoms with Crippen LogP contribution < -0.4 is 0 Å². The van der Waals surface area contributed by atoms with E-state index in [2.05, 4.69) is 5.16 Å². The molecule has 1 aromatic carbocycles. The van der Waals surface area contributed by atoms with E-state index in [0.29, 0.717) is 11.3 Å². The number of rotatable bonds is 1. The molecule has 0 fully saturated rings. The van der Waals surface area contributed by atoms with Gasteiger partial charge in [0.25, 0.3) is 0 Å². The summed E-state index contributed by atoms with van der Waals surface area (Å²) in [6.07, 6.45) is 1.37. The van der Waals surface area contributed by atoms with Gasteiger partial charge in [0, 0.05) is 11.1 Å². The van der Waals surface area contributed by atoms with E-state index in [1.54, 1.807) is 6.92 Å². The van der Waals surface area contributed by atoms with Gasteiger partial charge in [-0.1, -0.05) is 17.3 Å². The number of aryl methyl sites for hydroxylation is 1. The van der Waals surface area contributed by atoms with Gasteiger partial charge in [0.1, 0.15) is 5.76 Å². The SMILES string of the molecule is Cc1oncc1-c1cccc(F)c1F. The van der Waals surface area contributed by atoms with Crippen LogP contribution in [0.2, 0.25) is 0 Å². The summed E-state index contributed by atoms with van der Waals surface area (Å²) in [6.45, 7) is 1.65. The zero-order chi connectivity index (χ0) is 10.1. The summed E-state index contributed by atoms with van der Waals surface area (Å²) in [5.41, 5.74) is 0.644. The molecule has 0 saturated heterocycles. The quantitative estimate of drug-likeness (QED) is 0.699. The number of nitrogens with zero attached hydrogens (tertiary/aromatic N) is 1. The zero-order valence-electron chi connectivity index (χ0n) is 7.42. The van der Waals surface area contributed by atoms with Crippen molar-refractivity contribution in [3.63, 3.8) is 0 Å². The number of benzene rings is 1. The minimum atomic E-state index is -0.876. The van der Waals surface area contributed by atoms with Crippen LogP contribution in [0.5, 0.6) is 0 Å². The molecule has 2 aromatic rings. The predicted molar refractivity (Wildman–Crippen MR) is 46.6 cm³/mol. The Hall–Kier alpha value is -1.71. The molecule has 0 amide bonds. The smallest absolute Gasteiger partial charge is 0.166 e. The van der Waals surface area contributed by atoms with Gasteiger partial charge in [-0.25, -0.2) is 8.78 Å². The third kappa shape index (κ3) is 1.28. The molecule has 0 N–H and O–H groups in total. The van der Waals surface area contributed by atoms with Crippen molar-refractivity contribution in [2.75, 3.05) is 0 Å². The van der Waals surface area contributed by atoms with Crippen LogP contribution in [0.25, 0.3) is 11.1 Å². The first-order valence-electron chi connectivity index (χ1n) is 4.06. The fourth-order valence-electron chi connectivity index (χ4n) is 1.27. The number of halogens is 2. The Morgan fingerprint density at radius 3 is 2.64 bits per heavy atom. The molecular formula is C10H7F2NO. The zero-order valence-corrected chi connectivity index (χ0v) is 7.42. The summed E-state index contributed by atoms with van der Waals surface area (Å²) in [7, 11) is 0. The average Bonchev–Trinajstić information content (AvgIpc) is 2.57. The third-order valence-corrected chi connectivity index (χ3v) is 1.99. The Morgan fingerprint density at radius 2 is 2.00 bits per heavy atom. The lowest BCUT2D eigenvalue weighted by atomic mass is 10.1. The van der Waals surface area contributed by atoms with Gasteiger partial charge in [0.15, 0.2) is 11.6 Å². The molecule has 0 radical (unpaired) electrons. The van der Waals surface area contributed by atoms with Gasteiger partial charge in [0.2, 0.25) is 0 Å². The molecule has 1 heterocycles. The molecule has 2 nitrogen and oxygen atoms in total. The lowest BCUT2D eigenvalue weighted by Gasteiger charge is -2.00. The first kappa shape index (κ1) is 8.87.